The molecule has 0 aromatic carbocycles. The predicted molar refractivity (Wildman–Crippen MR) is 90.8 cm³/mol. The number of nitrogens with zero attached hydrogens (tertiary/aromatic N) is 1. The maximum Gasteiger partial charge on any atom is 0.104 e. The zero-order chi connectivity index (χ0) is 14.7. The summed E-state index contributed by atoms with van der Waals surface area (Å²) in [6.07, 6.45) is 18.1. The summed E-state index contributed by atoms with van der Waals surface area (Å²) in [4.78, 5) is 0. The number of unbranched alkanes of at least 4 members (excludes halogenated alkanes) is 2. The molecule has 0 aromatic heterocycles. The minimum absolute atomic E-state index is 1.14. The fraction of sp³-hybridized carbons (Fsp3) is 0.684. The van der Waals surface area contributed by atoms with E-state index in [0.717, 1.165) is 6.42 Å². The summed E-state index contributed by atoms with van der Waals surface area (Å²) >= 11 is 0. The minimum Gasteiger partial charge on any atom is -0.320 e. The molecule has 0 saturated heterocycles. The molecular formula is C19H34N+. The van der Waals surface area contributed by atoms with Crippen molar-refractivity contribution in [3.05, 3.63) is 36.5 Å². The highest BCUT2D eigenvalue weighted by Crippen LogP contribution is 2.20. The Morgan fingerprint density at radius 3 is 2.30 bits per heavy atom. The van der Waals surface area contributed by atoms with Gasteiger partial charge in [-0.1, -0.05) is 51.0 Å². The van der Waals surface area contributed by atoms with Gasteiger partial charge in [0, 0.05) is 12.0 Å². The molecule has 0 saturated carbocycles. The highest BCUT2D eigenvalue weighted by Gasteiger charge is 2.26. The summed E-state index contributed by atoms with van der Waals surface area (Å²) in [5.41, 5.74) is 1.56. The molecule has 20 heavy (non-hydrogen) atoms. The molecule has 1 nitrogen and oxygen atoms in total. The first-order valence-electron chi connectivity index (χ1n) is 8.58. The first-order valence-corrected chi connectivity index (χ1v) is 8.58. The first kappa shape index (κ1) is 17.2. The molecule has 1 aliphatic carbocycles. The Labute approximate surface area is 126 Å². The van der Waals surface area contributed by atoms with Gasteiger partial charge in [-0.3, -0.25) is 0 Å². The summed E-state index contributed by atoms with van der Waals surface area (Å²) in [5, 5.41) is 0. The molecule has 0 fully saturated rings. The number of hydrogen-bond acceptors (Lipinski definition) is 0. The molecule has 0 spiro atoms. The number of hydrogen-bond donors (Lipinski definition) is 0. The maximum absolute atomic E-state index is 3.93. The Bertz CT molecular complexity index is 317. The van der Waals surface area contributed by atoms with Crippen molar-refractivity contribution in [3.8, 4) is 0 Å². The van der Waals surface area contributed by atoms with E-state index in [1.165, 1.54) is 69.2 Å². The van der Waals surface area contributed by atoms with E-state index in [0.29, 0.717) is 0 Å². The lowest BCUT2D eigenvalue weighted by Gasteiger charge is -2.39. The van der Waals surface area contributed by atoms with E-state index in [-0.39, 0.29) is 0 Å². The van der Waals surface area contributed by atoms with Gasteiger partial charge in [0.15, 0.2) is 0 Å². The molecule has 0 aromatic rings. The molecule has 114 valence electrons. The van der Waals surface area contributed by atoms with Crippen molar-refractivity contribution >= 4 is 0 Å². The molecule has 0 bridgehead atoms. The SMILES string of the molecule is C=CCC[N+](CCCC)(CCCC)CC1=CCCC=C1. The third-order valence-corrected chi connectivity index (χ3v) is 4.37. The Kier molecular flexibility index (Phi) is 8.60. The van der Waals surface area contributed by atoms with E-state index >= 15 is 0 Å². The van der Waals surface area contributed by atoms with Crippen molar-refractivity contribution in [3.63, 3.8) is 0 Å². The van der Waals surface area contributed by atoms with Crippen LogP contribution in [0.1, 0.15) is 58.8 Å². The number of rotatable bonds is 11. The van der Waals surface area contributed by atoms with Crippen LogP contribution in [0.15, 0.2) is 36.5 Å². The van der Waals surface area contributed by atoms with Crippen molar-refractivity contribution in [1.29, 1.82) is 0 Å². The van der Waals surface area contributed by atoms with E-state index in [9.17, 15) is 0 Å². The number of allylic oxidation sites excluding steroid dienone is 2. The fourth-order valence-electron chi connectivity index (χ4n) is 3.10. The lowest BCUT2D eigenvalue weighted by Crippen LogP contribution is -2.51. The Morgan fingerprint density at radius 2 is 1.80 bits per heavy atom. The van der Waals surface area contributed by atoms with E-state index < -0.39 is 0 Å². The van der Waals surface area contributed by atoms with Gasteiger partial charge in [-0.05, 0) is 25.7 Å². The lowest BCUT2D eigenvalue weighted by molar-refractivity contribution is -0.923. The maximum atomic E-state index is 3.93. The second kappa shape index (κ2) is 9.99. The van der Waals surface area contributed by atoms with Crippen LogP contribution in [0.4, 0.5) is 0 Å². The summed E-state index contributed by atoms with van der Waals surface area (Å²) in [5.74, 6) is 0. The molecule has 0 amide bonds. The van der Waals surface area contributed by atoms with Gasteiger partial charge in [-0.25, -0.2) is 0 Å². The van der Waals surface area contributed by atoms with Gasteiger partial charge in [-0.2, -0.15) is 0 Å². The van der Waals surface area contributed by atoms with Crippen LogP contribution in [0.3, 0.4) is 0 Å². The molecule has 1 heteroatoms. The van der Waals surface area contributed by atoms with Crippen LogP contribution < -0.4 is 0 Å². The molecule has 0 aliphatic heterocycles. The summed E-state index contributed by atoms with van der Waals surface area (Å²) in [6.45, 7) is 13.7. The van der Waals surface area contributed by atoms with Crippen LogP contribution in [0, 0.1) is 0 Å². The van der Waals surface area contributed by atoms with Gasteiger partial charge in [0.05, 0.1) is 19.6 Å². The van der Waals surface area contributed by atoms with Gasteiger partial charge in [-0.15, -0.1) is 6.58 Å². The van der Waals surface area contributed by atoms with E-state index in [1.54, 1.807) is 5.57 Å². The molecule has 1 aliphatic rings. The van der Waals surface area contributed by atoms with Crippen molar-refractivity contribution in [1.82, 2.24) is 0 Å². The van der Waals surface area contributed by atoms with E-state index in [2.05, 4.69) is 44.7 Å². The third kappa shape index (κ3) is 6.09. The Hall–Kier alpha value is -0.820. The van der Waals surface area contributed by atoms with E-state index in [4.69, 9.17) is 0 Å². The van der Waals surface area contributed by atoms with Gasteiger partial charge < -0.3 is 4.48 Å². The second-order valence-electron chi connectivity index (χ2n) is 6.21. The van der Waals surface area contributed by atoms with Crippen molar-refractivity contribution in [2.24, 2.45) is 0 Å². The fourth-order valence-corrected chi connectivity index (χ4v) is 3.10. The van der Waals surface area contributed by atoms with Crippen LogP contribution in [-0.4, -0.2) is 30.7 Å². The second-order valence-corrected chi connectivity index (χ2v) is 6.21. The summed E-state index contributed by atoms with van der Waals surface area (Å²) < 4.78 is 1.27. The largest absolute Gasteiger partial charge is 0.320 e. The average molecular weight is 276 g/mol. The summed E-state index contributed by atoms with van der Waals surface area (Å²) in [7, 11) is 0. The molecule has 0 atom stereocenters. The zero-order valence-electron chi connectivity index (χ0n) is 13.7. The Balaban J connectivity index is 2.77. The van der Waals surface area contributed by atoms with Crippen LogP contribution in [0.25, 0.3) is 0 Å². The topological polar surface area (TPSA) is 0 Å². The molecule has 1 rings (SSSR count). The highest BCUT2D eigenvalue weighted by atomic mass is 15.3. The molecule has 0 N–H and O–H groups in total. The van der Waals surface area contributed by atoms with Crippen LogP contribution >= 0.6 is 0 Å². The van der Waals surface area contributed by atoms with Gasteiger partial charge in [0.2, 0.25) is 0 Å². The van der Waals surface area contributed by atoms with Crippen LogP contribution in [0.2, 0.25) is 0 Å². The van der Waals surface area contributed by atoms with Crippen molar-refractivity contribution < 1.29 is 4.48 Å². The van der Waals surface area contributed by atoms with Crippen LogP contribution in [0.5, 0.6) is 0 Å². The minimum atomic E-state index is 1.14. The zero-order valence-corrected chi connectivity index (χ0v) is 13.7. The third-order valence-electron chi connectivity index (χ3n) is 4.37. The average Bonchev–Trinajstić information content (AvgIpc) is 2.49. The highest BCUT2D eigenvalue weighted by molar-refractivity contribution is 5.22. The Morgan fingerprint density at radius 1 is 1.10 bits per heavy atom. The quantitative estimate of drug-likeness (QED) is 0.357. The van der Waals surface area contributed by atoms with Crippen molar-refractivity contribution in [2.45, 2.75) is 58.8 Å². The van der Waals surface area contributed by atoms with Gasteiger partial charge in [0.25, 0.3) is 0 Å². The lowest BCUT2D eigenvalue weighted by atomic mass is 10.0. The van der Waals surface area contributed by atoms with E-state index in [1.807, 2.05) is 0 Å². The first-order chi connectivity index (χ1) is 9.76. The predicted octanol–water partition coefficient (Wildman–Crippen LogP) is 5.26. The number of quaternary nitrogens is 1. The standard InChI is InChI=1S/C19H34N/c1-4-7-15-20(16-8-5-2,17-9-6-3)18-19-13-11-10-12-14-19/h4,11,13-14H,1,5-10,12,15-18H2,2-3H3/q+1. The van der Waals surface area contributed by atoms with Gasteiger partial charge in [0.1, 0.15) is 6.54 Å². The summed E-state index contributed by atoms with van der Waals surface area (Å²) in [6, 6.07) is 0. The monoisotopic (exact) mass is 276 g/mol. The normalized spacial score (nSPS) is 15.2. The van der Waals surface area contributed by atoms with Crippen LogP contribution in [-0.2, 0) is 0 Å². The smallest absolute Gasteiger partial charge is 0.104 e. The van der Waals surface area contributed by atoms with Gasteiger partial charge >= 0.3 is 0 Å². The molecule has 0 heterocycles. The molecular weight excluding hydrogens is 242 g/mol. The molecule has 0 unspecified atom stereocenters. The van der Waals surface area contributed by atoms with Crippen molar-refractivity contribution in [2.75, 3.05) is 26.2 Å². The molecule has 0 radical (unpaired) electrons.